The van der Waals surface area contributed by atoms with E-state index in [4.69, 9.17) is 4.42 Å². The number of aryl methyl sites for hydroxylation is 1. The van der Waals surface area contributed by atoms with Crippen LogP contribution in [0.4, 0.5) is 0 Å². The molecule has 0 saturated heterocycles. The number of aliphatic imine (C=N–C) groups is 1. The minimum Gasteiger partial charge on any atom is -0.455 e. The van der Waals surface area contributed by atoms with Gasteiger partial charge in [-0.1, -0.05) is 55.0 Å². The monoisotopic (exact) mass is 341 g/mol. The van der Waals surface area contributed by atoms with Crippen LogP contribution in [0.25, 0.3) is 32.7 Å². The number of rotatable bonds is 3. The van der Waals surface area contributed by atoms with E-state index in [0.717, 1.165) is 34.2 Å². The molecule has 4 aromatic rings. The minimum absolute atomic E-state index is 0.922. The van der Waals surface area contributed by atoms with E-state index in [9.17, 15) is 0 Å². The second kappa shape index (κ2) is 6.45. The summed E-state index contributed by atoms with van der Waals surface area (Å²) in [6.45, 7) is 6.49. The third-order valence-electron chi connectivity index (χ3n) is 5.24. The van der Waals surface area contributed by atoms with Crippen LogP contribution in [0, 0.1) is 6.92 Å². The van der Waals surface area contributed by atoms with E-state index in [1.165, 1.54) is 27.3 Å². The van der Waals surface area contributed by atoms with Gasteiger partial charge in [-0.15, -0.1) is 0 Å². The number of allylic oxidation sites excluding steroid dienone is 2. The molecule has 0 spiro atoms. The highest BCUT2D eigenvalue weighted by molar-refractivity contribution is 6.27. The van der Waals surface area contributed by atoms with Gasteiger partial charge in [0.05, 0.1) is 5.71 Å². The van der Waals surface area contributed by atoms with E-state index < -0.39 is 0 Å². The van der Waals surface area contributed by atoms with E-state index in [-0.39, 0.29) is 0 Å². The molecule has 0 N–H and O–H groups in total. The van der Waals surface area contributed by atoms with Crippen LogP contribution in [0.2, 0.25) is 0 Å². The van der Waals surface area contributed by atoms with Gasteiger partial charge in [0.25, 0.3) is 0 Å². The summed E-state index contributed by atoms with van der Waals surface area (Å²) in [5.41, 5.74) is 6.46. The molecule has 0 aliphatic rings. The van der Waals surface area contributed by atoms with Gasteiger partial charge in [-0.3, -0.25) is 4.99 Å². The van der Waals surface area contributed by atoms with Crippen molar-refractivity contribution in [3.05, 3.63) is 71.3 Å². The lowest BCUT2D eigenvalue weighted by Gasteiger charge is -2.12. The van der Waals surface area contributed by atoms with Crippen molar-refractivity contribution in [3.63, 3.8) is 0 Å². The van der Waals surface area contributed by atoms with E-state index in [1.54, 1.807) is 0 Å². The lowest BCUT2D eigenvalue weighted by molar-refractivity contribution is 0.668. The molecule has 130 valence electrons. The van der Waals surface area contributed by atoms with E-state index in [1.807, 2.05) is 19.2 Å². The van der Waals surface area contributed by atoms with Crippen molar-refractivity contribution in [2.24, 2.45) is 4.99 Å². The first-order valence-electron chi connectivity index (χ1n) is 9.12. The Kier molecular flexibility index (Phi) is 4.12. The van der Waals surface area contributed by atoms with E-state index in [2.05, 4.69) is 68.2 Å². The molecule has 0 saturated carbocycles. The molecule has 0 bridgehead atoms. The van der Waals surface area contributed by atoms with Crippen molar-refractivity contribution in [1.29, 1.82) is 0 Å². The maximum Gasteiger partial charge on any atom is 0.145 e. The zero-order valence-electron chi connectivity index (χ0n) is 15.8. The van der Waals surface area contributed by atoms with Crippen molar-refractivity contribution in [2.45, 2.75) is 27.2 Å². The smallest absolute Gasteiger partial charge is 0.145 e. The van der Waals surface area contributed by atoms with Gasteiger partial charge in [-0.05, 0) is 48.7 Å². The number of hydrogen-bond acceptors (Lipinski definition) is 2. The second-order valence-corrected chi connectivity index (χ2v) is 6.80. The maximum atomic E-state index is 6.36. The molecule has 0 radical (unpaired) electrons. The number of para-hydroxylation sites is 1. The van der Waals surface area contributed by atoms with Crippen molar-refractivity contribution in [2.75, 3.05) is 7.05 Å². The summed E-state index contributed by atoms with van der Waals surface area (Å²) in [5.74, 6) is 0. The van der Waals surface area contributed by atoms with Gasteiger partial charge in [-0.2, -0.15) is 0 Å². The Hall–Kier alpha value is -2.87. The van der Waals surface area contributed by atoms with Crippen molar-refractivity contribution in [1.82, 2.24) is 0 Å². The Balaban J connectivity index is 2.23. The molecule has 4 rings (SSSR count). The average Bonchev–Trinajstić information content (AvgIpc) is 3.06. The number of hydrogen-bond donors (Lipinski definition) is 0. The normalized spacial score (nSPS) is 13.2. The zero-order chi connectivity index (χ0) is 18.3. The van der Waals surface area contributed by atoms with Gasteiger partial charge in [0, 0.05) is 23.4 Å². The lowest BCUT2D eigenvalue weighted by atomic mass is 9.92. The molecule has 3 aromatic carbocycles. The van der Waals surface area contributed by atoms with Crippen LogP contribution in [0.3, 0.4) is 0 Å². The van der Waals surface area contributed by atoms with Crippen molar-refractivity contribution >= 4 is 38.4 Å². The molecule has 0 unspecified atom stereocenters. The molecule has 1 heterocycles. The van der Waals surface area contributed by atoms with Crippen LogP contribution in [0.15, 0.2) is 69.6 Å². The number of fused-ring (bicyclic) bond motifs is 5. The number of benzene rings is 3. The molecule has 0 aliphatic heterocycles. The molecule has 0 amide bonds. The third-order valence-corrected chi connectivity index (χ3v) is 5.24. The fraction of sp³-hybridized carbons (Fsp3) is 0.208. The third kappa shape index (κ3) is 2.45. The fourth-order valence-electron chi connectivity index (χ4n) is 3.71. The predicted octanol–water partition coefficient (Wildman–Crippen LogP) is 6.82. The first-order chi connectivity index (χ1) is 12.7. The highest BCUT2D eigenvalue weighted by Gasteiger charge is 2.20. The maximum absolute atomic E-state index is 6.36. The van der Waals surface area contributed by atoms with Crippen molar-refractivity contribution in [3.8, 4) is 0 Å². The average molecular weight is 341 g/mol. The molecule has 0 atom stereocenters. The largest absolute Gasteiger partial charge is 0.455 e. The second-order valence-electron chi connectivity index (χ2n) is 6.80. The first kappa shape index (κ1) is 16.6. The summed E-state index contributed by atoms with van der Waals surface area (Å²) in [6.07, 6.45) is 3.19. The predicted molar refractivity (Wildman–Crippen MR) is 112 cm³/mol. The van der Waals surface area contributed by atoms with Gasteiger partial charge in [0.2, 0.25) is 0 Å². The van der Waals surface area contributed by atoms with Gasteiger partial charge < -0.3 is 4.42 Å². The van der Waals surface area contributed by atoms with Crippen LogP contribution < -0.4 is 0 Å². The van der Waals surface area contributed by atoms with E-state index in [0.29, 0.717) is 0 Å². The summed E-state index contributed by atoms with van der Waals surface area (Å²) in [6, 6.07) is 16.9. The molecular weight excluding hydrogens is 318 g/mol. The van der Waals surface area contributed by atoms with Crippen LogP contribution >= 0.6 is 0 Å². The Bertz CT molecular complexity index is 1190. The minimum atomic E-state index is 0.922. The number of furan rings is 1. The van der Waals surface area contributed by atoms with E-state index >= 15 is 0 Å². The summed E-state index contributed by atoms with van der Waals surface area (Å²) in [7, 11) is 1.86. The molecular formula is C24H23NO. The van der Waals surface area contributed by atoms with Gasteiger partial charge in [0.1, 0.15) is 11.2 Å². The number of nitrogens with zero attached hydrogens (tertiary/aromatic N) is 1. The molecule has 26 heavy (non-hydrogen) atoms. The van der Waals surface area contributed by atoms with Gasteiger partial charge >= 0.3 is 0 Å². The summed E-state index contributed by atoms with van der Waals surface area (Å²) in [5, 5.41) is 4.83. The Labute approximate surface area is 153 Å². The summed E-state index contributed by atoms with van der Waals surface area (Å²) < 4.78 is 6.36. The SMILES string of the molecule is CC/C(C)=C\C(=NC)c1c(C)c2ccccc2c2c1oc1ccccc12. The highest BCUT2D eigenvalue weighted by Crippen LogP contribution is 2.39. The van der Waals surface area contributed by atoms with Crippen LogP contribution in [-0.4, -0.2) is 12.8 Å². The summed E-state index contributed by atoms with van der Waals surface area (Å²) >= 11 is 0. The first-order valence-corrected chi connectivity index (χ1v) is 9.12. The molecule has 2 heteroatoms. The fourth-order valence-corrected chi connectivity index (χ4v) is 3.71. The lowest BCUT2D eigenvalue weighted by Crippen LogP contribution is -2.03. The Morgan fingerprint density at radius 2 is 1.65 bits per heavy atom. The molecule has 0 fully saturated rings. The van der Waals surface area contributed by atoms with Gasteiger partial charge in [-0.25, -0.2) is 0 Å². The zero-order valence-corrected chi connectivity index (χ0v) is 15.8. The Morgan fingerprint density at radius 1 is 1.00 bits per heavy atom. The molecule has 1 aromatic heterocycles. The summed E-state index contributed by atoms with van der Waals surface area (Å²) in [4.78, 5) is 4.61. The highest BCUT2D eigenvalue weighted by atomic mass is 16.3. The Morgan fingerprint density at radius 3 is 2.35 bits per heavy atom. The standard InChI is InChI=1S/C24H23NO/c1-5-15(2)14-20(25-4)22-16(3)17-10-6-7-11-18(17)23-19-12-8-9-13-21(19)26-24(22)23/h6-14H,5H2,1-4H3/b15-14-,25-20?. The van der Waals surface area contributed by atoms with Crippen LogP contribution in [0.5, 0.6) is 0 Å². The van der Waals surface area contributed by atoms with Crippen LogP contribution in [-0.2, 0) is 0 Å². The topological polar surface area (TPSA) is 25.5 Å². The quantitative estimate of drug-likeness (QED) is 0.375. The van der Waals surface area contributed by atoms with Gasteiger partial charge in [0.15, 0.2) is 0 Å². The molecule has 2 nitrogen and oxygen atoms in total. The van der Waals surface area contributed by atoms with Crippen LogP contribution in [0.1, 0.15) is 31.4 Å². The van der Waals surface area contributed by atoms with Crippen molar-refractivity contribution < 1.29 is 4.42 Å². The molecule has 0 aliphatic carbocycles.